The molecule has 0 radical (unpaired) electrons. The van der Waals surface area contributed by atoms with Gasteiger partial charge < -0.3 is 10.1 Å². The van der Waals surface area contributed by atoms with E-state index in [1.165, 1.54) is 16.3 Å². The normalized spacial score (nSPS) is 10.8. The Bertz CT molecular complexity index is 461. The molecule has 0 amide bonds. The number of hydrogen-bond acceptors (Lipinski definition) is 2. The van der Waals surface area contributed by atoms with Crippen molar-refractivity contribution in [2.75, 3.05) is 20.2 Å². The van der Waals surface area contributed by atoms with Crippen molar-refractivity contribution in [3.63, 3.8) is 0 Å². The zero-order valence-electron chi connectivity index (χ0n) is 11.2. The maximum absolute atomic E-state index is 5.81. The summed E-state index contributed by atoms with van der Waals surface area (Å²) in [7, 11) is 1.99. The Morgan fingerprint density at radius 3 is 2.56 bits per heavy atom. The van der Waals surface area contributed by atoms with E-state index in [9.17, 15) is 0 Å². The number of hydrogen-bond donors (Lipinski definition) is 1. The molecule has 2 nitrogen and oxygen atoms in total. The van der Waals surface area contributed by atoms with E-state index in [4.69, 9.17) is 4.74 Å². The molecule has 0 unspecified atom stereocenters. The molecule has 0 heterocycles. The second kappa shape index (κ2) is 6.41. The Labute approximate surface area is 109 Å². The minimum absolute atomic E-state index is 0.778. The zero-order chi connectivity index (χ0) is 12.8. The largest absolute Gasteiger partial charge is 0.493 e. The van der Waals surface area contributed by atoms with Crippen LogP contribution in [0.4, 0.5) is 0 Å². The van der Waals surface area contributed by atoms with E-state index in [1.54, 1.807) is 0 Å². The highest BCUT2D eigenvalue weighted by Gasteiger charge is 2.05. The predicted octanol–water partition coefficient (Wildman–Crippen LogP) is 3.39. The molecule has 0 fully saturated rings. The van der Waals surface area contributed by atoms with E-state index in [-0.39, 0.29) is 0 Å². The molecule has 96 valence electrons. The fraction of sp³-hybridized carbons (Fsp3) is 0.375. The van der Waals surface area contributed by atoms with Crippen LogP contribution in [-0.2, 0) is 6.42 Å². The number of fused-ring (bicyclic) bond motifs is 1. The van der Waals surface area contributed by atoms with Crippen LogP contribution in [0.15, 0.2) is 36.4 Å². The third-order valence-electron chi connectivity index (χ3n) is 3.08. The van der Waals surface area contributed by atoms with Gasteiger partial charge in [0.05, 0.1) is 6.61 Å². The van der Waals surface area contributed by atoms with Crippen molar-refractivity contribution >= 4 is 10.8 Å². The van der Waals surface area contributed by atoms with Crippen LogP contribution in [0.1, 0.15) is 18.9 Å². The molecule has 0 aliphatic rings. The maximum atomic E-state index is 5.81. The van der Waals surface area contributed by atoms with Gasteiger partial charge in [-0.25, -0.2) is 0 Å². The Hall–Kier alpha value is -1.54. The highest BCUT2D eigenvalue weighted by Crippen LogP contribution is 2.28. The Morgan fingerprint density at radius 1 is 1.06 bits per heavy atom. The topological polar surface area (TPSA) is 21.3 Å². The van der Waals surface area contributed by atoms with Gasteiger partial charge >= 0.3 is 0 Å². The number of rotatable bonds is 6. The first kappa shape index (κ1) is 12.9. The number of likely N-dealkylation sites (N-methyl/N-ethyl adjacent to an activating group) is 1. The molecule has 0 aliphatic carbocycles. The molecule has 2 aromatic rings. The van der Waals surface area contributed by atoms with Crippen LogP contribution >= 0.6 is 0 Å². The maximum Gasteiger partial charge on any atom is 0.127 e. The van der Waals surface area contributed by atoms with Gasteiger partial charge in [-0.1, -0.05) is 37.3 Å². The average molecular weight is 243 g/mol. The molecular weight excluding hydrogens is 222 g/mol. The number of nitrogens with one attached hydrogen (secondary N) is 1. The fourth-order valence-electron chi connectivity index (χ4n) is 2.15. The van der Waals surface area contributed by atoms with Crippen molar-refractivity contribution in [3.05, 3.63) is 42.0 Å². The summed E-state index contributed by atoms with van der Waals surface area (Å²) < 4.78 is 5.81. The molecule has 0 atom stereocenters. The summed E-state index contributed by atoms with van der Waals surface area (Å²) in [4.78, 5) is 0. The first-order valence-corrected chi connectivity index (χ1v) is 6.65. The molecule has 2 aromatic carbocycles. The molecular formula is C16H21NO. The van der Waals surface area contributed by atoms with E-state index >= 15 is 0 Å². The van der Waals surface area contributed by atoms with Crippen molar-refractivity contribution in [2.24, 2.45) is 0 Å². The number of ether oxygens (including phenoxy) is 1. The second-order valence-corrected chi connectivity index (χ2v) is 4.47. The van der Waals surface area contributed by atoms with E-state index in [0.717, 1.165) is 31.7 Å². The number of benzene rings is 2. The van der Waals surface area contributed by atoms with Gasteiger partial charge in [0, 0.05) is 5.39 Å². The molecule has 0 bridgehead atoms. The Balaban J connectivity index is 2.38. The first-order valence-electron chi connectivity index (χ1n) is 6.65. The third kappa shape index (κ3) is 2.82. The molecule has 18 heavy (non-hydrogen) atoms. The minimum atomic E-state index is 0.778. The summed E-state index contributed by atoms with van der Waals surface area (Å²) in [5.41, 5.74) is 1.38. The summed E-state index contributed by atoms with van der Waals surface area (Å²) in [6.07, 6.45) is 2.08. The van der Waals surface area contributed by atoms with E-state index in [1.807, 2.05) is 7.05 Å². The summed E-state index contributed by atoms with van der Waals surface area (Å²) in [6.45, 7) is 3.91. The van der Waals surface area contributed by atoms with Crippen molar-refractivity contribution in [1.29, 1.82) is 0 Å². The van der Waals surface area contributed by atoms with Gasteiger partial charge in [0.1, 0.15) is 5.75 Å². The highest BCUT2D eigenvalue weighted by molar-refractivity contribution is 5.91. The van der Waals surface area contributed by atoms with Gasteiger partial charge in [0.2, 0.25) is 0 Å². The standard InChI is InChI=1S/C16H21NO/c1-3-12-18-16-9-8-13(10-11-17-2)14-6-4-5-7-15(14)16/h4-9,17H,3,10-12H2,1-2H3. The molecule has 0 spiro atoms. The van der Waals surface area contributed by atoms with Crippen LogP contribution in [0, 0.1) is 0 Å². The van der Waals surface area contributed by atoms with Crippen LogP contribution in [0.2, 0.25) is 0 Å². The SMILES string of the molecule is CCCOc1ccc(CCNC)c2ccccc12. The zero-order valence-corrected chi connectivity index (χ0v) is 11.2. The van der Waals surface area contributed by atoms with Crippen molar-refractivity contribution in [1.82, 2.24) is 5.32 Å². The lowest BCUT2D eigenvalue weighted by atomic mass is 10.0. The predicted molar refractivity (Wildman–Crippen MR) is 77.4 cm³/mol. The molecule has 0 saturated heterocycles. The van der Waals surface area contributed by atoms with Crippen LogP contribution in [0.5, 0.6) is 5.75 Å². The van der Waals surface area contributed by atoms with Gasteiger partial charge in [-0.2, -0.15) is 0 Å². The van der Waals surface area contributed by atoms with Crippen molar-refractivity contribution < 1.29 is 4.74 Å². The summed E-state index contributed by atoms with van der Waals surface area (Å²) in [5.74, 6) is 1.00. The van der Waals surface area contributed by atoms with Gasteiger partial charge in [0.25, 0.3) is 0 Å². The Kier molecular flexibility index (Phi) is 4.59. The lowest BCUT2D eigenvalue weighted by Gasteiger charge is -2.12. The monoisotopic (exact) mass is 243 g/mol. The first-order chi connectivity index (χ1) is 8.86. The molecule has 0 aromatic heterocycles. The lowest BCUT2D eigenvalue weighted by Crippen LogP contribution is -2.10. The van der Waals surface area contributed by atoms with Crippen molar-refractivity contribution in [2.45, 2.75) is 19.8 Å². The minimum Gasteiger partial charge on any atom is -0.493 e. The van der Waals surface area contributed by atoms with E-state index < -0.39 is 0 Å². The summed E-state index contributed by atoms with van der Waals surface area (Å²) in [6, 6.07) is 12.8. The van der Waals surface area contributed by atoms with Crippen LogP contribution in [0.25, 0.3) is 10.8 Å². The van der Waals surface area contributed by atoms with E-state index in [2.05, 4.69) is 48.6 Å². The summed E-state index contributed by atoms with van der Waals surface area (Å²) in [5, 5.41) is 5.73. The van der Waals surface area contributed by atoms with Crippen LogP contribution in [-0.4, -0.2) is 20.2 Å². The smallest absolute Gasteiger partial charge is 0.127 e. The average Bonchev–Trinajstić information content (AvgIpc) is 2.43. The molecule has 0 saturated carbocycles. The highest BCUT2D eigenvalue weighted by atomic mass is 16.5. The van der Waals surface area contributed by atoms with Gasteiger partial charge in [-0.3, -0.25) is 0 Å². The fourth-order valence-corrected chi connectivity index (χ4v) is 2.15. The van der Waals surface area contributed by atoms with Gasteiger partial charge in [-0.15, -0.1) is 0 Å². The molecule has 2 heteroatoms. The summed E-state index contributed by atoms with van der Waals surface area (Å²) >= 11 is 0. The quantitative estimate of drug-likeness (QED) is 0.839. The molecule has 1 N–H and O–H groups in total. The van der Waals surface area contributed by atoms with Crippen LogP contribution < -0.4 is 10.1 Å². The third-order valence-corrected chi connectivity index (χ3v) is 3.08. The van der Waals surface area contributed by atoms with E-state index in [0.29, 0.717) is 0 Å². The lowest BCUT2D eigenvalue weighted by molar-refractivity contribution is 0.321. The van der Waals surface area contributed by atoms with Crippen molar-refractivity contribution in [3.8, 4) is 5.75 Å². The molecule has 2 rings (SSSR count). The van der Waals surface area contributed by atoms with Crippen LogP contribution in [0.3, 0.4) is 0 Å². The van der Waals surface area contributed by atoms with Gasteiger partial charge in [0.15, 0.2) is 0 Å². The van der Waals surface area contributed by atoms with Gasteiger partial charge in [-0.05, 0) is 43.5 Å². The Morgan fingerprint density at radius 2 is 1.83 bits per heavy atom. The molecule has 0 aliphatic heterocycles. The second-order valence-electron chi connectivity index (χ2n) is 4.47.